The molecule has 446 valence electrons. The summed E-state index contributed by atoms with van der Waals surface area (Å²) in [6.07, 6.45) is 5.26. The van der Waals surface area contributed by atoms with E-state index >= 15 is 0 Å². The van der Waals surface area contributed by atoms with Gasteiger partial charge in [-0.15, -0.1) is 11.3 Å². The summed E-state index contributed by atoms with van der Waals surface area (Å²) < 4.78 is 28.4. The minimum Gasteiger partial charge on any atom is -0.396 e. The second-order valence-corrected chi connectivity index (χ2v) is 23.4. The van der Waals surface area contributed by atoms with Crippen molar-refractivity contribution in [3.8, 4) is 0 Å². The first-order valence-corrected chi connectivity index (χ1v) is 31.2. The topological polar surface area (TPSA) is 308 Å². The van der Waals surface area contributed by atoms with Crippen LogP contribution in [0.15, 0.2) is 97.1 Å². The molecule has 0 bridgehead atoms. The fourth-order valence-corrected chi connectivity index (χ4v) is 10.8. The van der Waals surface area contributed by atoms with Gasteiger partial charge in [0.15, 0.2) is 0 Å². The zero-order valence-corrected chi connectivity index (χ0v) is 48.8. The minimum absolute atomic E-state index is 0.0104. The van der Waals surface area contributed by atoms with Crippen molar-refractivity contribution >= 4 is 104 Å². The van der Waals surface area contributed by atoms with Gasteiger partial charge in [-0.1, -0.05) is 67.4 Å². The molecule has 1 fully saturated rings. The molecule has 1 aromatic heterocycles. The number of carbonyl (C=O) groups excluding carboxylic acids is 6. The Morgan fingerprint density at radius 2 is 1.42 bits per heavy atom. The van der Waals surface area contributed by atoms with Crippen molar-refractivity contribution in [2.75, 3.05) is 94.6 Å². The molecule has 1 saturated heterocycles. The summed E-state index contributed by atoms with van der Waals surface area (Å²) in [4.78, 5) is 98.7. The van der Waals surface area contributed by atoms with E-state index < -0.39 is 24.6 Å². The summed E-state index contributed by atoms with van der Waals surface area (Å²) >= 11 is 5.73. The lowest BCUT2D eigenvalue weighted by molar-refractivity contribution is -0.125. The first-order valence-electron chi connectivity index (χ1n) is 27.8. The van der Waals surface area contributed by atoms with E-state index in [4.69, 9.17) is 44.8 Å². The summed E-state index contributed by atoms with van der Waals surface area (Å²) in [6, 6.07) is 28.1. The van der Waals surface area contributed by atoms with Crippen LogP contribution in [0.2, 0.25) is 0 Å². The molecule has 0 spiro atoms. The van der Waals surface area contributed by atoms with E-state index in [0.717, 1.165) is 53.3 Å². The second kappa shape index (κ2) is 33.0. The lowest BCUT2D eigenvalue weighted by atomic mass is 9.95. The Morgan fingerprint density at radius 1 is 0.735 bits per heavy atom. The van der Waals surface area contributed by atoms with Gasteiger partial charge in [0.05, 0.1) is 112 Å². The number of hydrazine groups is 1. The van der Waals surface area contributed by atoms with Crippen LogP contribution in [0.1, 0.15) is 101 Å². The van der Waals surface area contributed by atoms with Gasteiger partial charge in [-0.3, -0.25) is 28.8 Å². The number of nitrogens with two attached hydrogens (primary N) is 2. The molecule has 3 heterocycles. The van der Waals surface area contributed by atoms with Gasteiger partial charge in [-0.05, 0) is 97.3 Å². The van der Waals surface area contributed by atoms with E-state index in [1.54, 1.807) is 52.4 Å². The highest BCUT2D eigenvalue weighted by atomic mass is 32.5. The SMILES string of the molecule is N/C1=C(\N(N)CCOCCOCCOCCOCCC(=O)Nc2ccc3sc(C(=O)Nc4ccccc4C(=O)NC4CCCCNC4=O)cc3c2)c2ccccc2CN(C(=O)CCC(=O)NCCCCCCOP(O)(O)=S)c2ccccc21. The predicted molar refractivity (Wildman–Crippen MR) is 322 cm³/mol. The average Bonchev–Trinajstić information content (AvgIpc) is 3.41. The summed E-state index contributed by atoms with van der Waals surface area (Å²) in [6.45, 7) is 0.485. The van der Waals surface area contributed by atoms with Gasteiger partial charge in [0.2, 0.25) is 23.6 Å². The van der Waals surface area contributed by atoms with Crippen molar-refractivity contribution in [1.29, 1.82) is 0 Å². The number of unbranched alkanes of at least 4 members (excludes halogenated alkanes) is 3. The highest BCUT2D eigenvalue weighted by molar-refractivity contribution is 8.06. The number of para-hydroxylation sites is 2. The number of thiophene rings is 1. The second-order valence-electron chi connectivity index (χ2n) is 19.6. The number of nitrogens with zero attached hydrogens (tertiary/aromatic N) is 2. The number of amides is 6. The van der Waals surface area contributed by atoms with Crippen molar-refractivity contribution in [1.82, 2.24) is 21.0 Å². The van der Waals surface area contributed by atoms with Crippen LogP contribution < -0.4 is 43.1 Å². The Labute approximate surface area is 491 Å². The predicted octanol–water partition coefficient (Wildman–Crippen LogP) is 6.14. The molecule has 4 aromatic carbocycles. The smallest absolute Gasteiger partial charge is 0.321 e. The van der Waals surface area contributed by atoms with Crippen LogP contribution >= 0.6 is 18.1 Å². The van der Waals surface area contributed by atoms with Crippen LogP contribution in [0, 0.1) is 0 Å². The van der Waals surface area contributed by atoms with Gasteiger partial charge in [0.1, 0.15) is 6.04 Å². The van der Waals surface area contributed by atoms with Crippen molar-refractivity contribution in [2.24, 2.45) is 11.6 Å². The zero-order valence-electron chi connectivity index (χ0n) is 46.3. The van der Waals surface area contributed by atoms with Crippen LogP contribution in [-0.2, 0) is 61.0 Å². The maximum Gasteiger partial charge on any atom is 0.321 e. The van der Waals surface area contributed by atoms with Crippen molar-refractivity contribution in [2.45, 2.75) is 76.8 Å². The van der Waals surface area contributed by atoms with Gasteiger partial charge < -0.3 is 75.5 Å². The number of carbonyl (C=O) groups is 6. The van der Waals surface area contributed by atoms with Gasteiger partial charge in [-0.2, -0.15) is 0 Å². The Bertz CT molecular complexity index is 3100. The van der Waals surface area contributed by atoms with Crippen LogP contribution in [0.25, 0.3) is 21.5 Å². The molecule has 6 amide bonds. The molecule has 11 N–H and O–H groups in total. The highest BCUT2D eigenvalue weighted by Gasteiger charge is 2.29. The monoisotopic (exact) mass is 1200 g/mol. The van der Waals surface area contributed by atoms with E-state index in [1.807, 2.05) is 54.6 Å². The number of benzene rings is 4. The molecule has 0 aliphatic carbocycles. The average molecular weight is 1200 g/mol. The van der Waals surface area contributed by atoms with E-state index in [-0.39, 0.29) is 74.8 Å². The number of hydrogen-bond acceptors (Lipinski definition) is 16. The van der Waals surface area contributed by atoms with Crippen molar-refractivity contribution < 1.29 is 62.0 Å². The molecule has 2 aliphatic rings. The molecule has 0 radical (unpaired) electrons. The van der Waals surface area contributed by atoms with E-state index in [9.17, 15) is 28.8 Å². The van der Waals surface area contributed by atoms with Crippen LogP contribution in [0.3, 0.4) is 0 Å². The quantitative estimate of drug-likeness (QED) is 0.0101. The molecule has 5 aromatic rings. The summed E-state index contributed by atoms with van der Waals surface area (Å²) in [5.74, 6) is 4.97. The molecular formula is C58H74N9O13PS2. The van der Waals surface area contributed by atoms with Gasteiger partial charge in [0, 0.05) is 47.4 Å². The Morgan fingerprint density at radius 3 is 2.19 bits per heavy atom. The minimum atomic E-state index is -3.64. The molecule has 1 unspecified atom stereocenters. The van der Waals surface area contributed by atoms with Gasteiger partial charge in [-0.25, -0.2) is 5.84 Å². The zero-order chi connectivity index (χ0) is 59.0. The van der Waals surface area contributed by atoms with Gasteiger partial charge in [0.25, 0.3) is 11.8 Å². The molecule has 1 atom stereocenters. The molecule has 2 aliphatic heterocycles. The van der Waals surface area contributed by atoms with Crippen molar-refractivity contribution in [3.05, 3.63) is 124 Å². The fraction of sp³-hybridized carbons (Fsp3) is 0.414. The number of ether oxygens (including phenoxy) is 4. The van der Waals surface area contributed by atoms with E-state index in [2.05, 4.69) is 38.4 Å². The molecular weight excluding hydrogens is 1130 g/mol. The summed E-state index contributed by atoms with van der Waals surface area (Å²) in [5, 5.41) is 16.6. The maximum atomic E-state index is 13.9. The molecule has 22 nitrogen and oxygen atoms in total. The molecule has 83 heavy (non-hydrogen) atoms. The van der Waals surface area contributed by atoms with Crippen LogP contribution in [0.4, 0.5) is 17.1 Å². The lowest BCUT2D eigenvalue weighted by Gasteiger charge is -2.33. The first-order chi connectivity index (χ1) is 40.1. The number of rotatable bonds is 32. The van der Waals surface area contributed by atoms with E-state index in [0.29, 0.717) is 111 Å². The van der Waals surface area contributed by atoms with Crippen molar-refractivity contribution in [3.63, 3.8) is 0 Å². The molecule has 7 rings (SSSR count). The van der Waals surface area contributed by atoms with Gasteiger partial charge >= 0.3 is 6.72 Å². The summed E-state index contributed by atoms with van der Waals surface area (Å²) in [5.41, 5.74) is 11.9. The Kier molecular flexibility index (Phi) is 25.4. The molecule has 25 heteroatoms. The maximum absolute atomic E-state index is 13.9. The Balaban J connectivity index is 0.749. The highest BCUT2D eigenvalue weighted by Crippen LogP contribution is 2.38. The standard InChI is InChI=1S/C58H74N9O13PS2/c59-54-45-16-6-8-19-48(45)66(53(70)23-22-51(68)61-25-10-1-2-12-28-80-81(74,75)82)39-40-13-3-4-14-43(40)55(54)67(60)27-30-77-32-34-79-36-35-78-33-31-76-29-24-52(69)63-42-20-21-49-41(37-42)38-50(83-49)58(73)64-46-17-7-5-15-44(46)56(71)65-47-18-9-11-26-62-57(47)72/h3-8,13-17,19-21,37-38,47H,1-2,9-12,18,22-36,39,59-60H2,(H,61,68)(H,62,72)(H,63,69)(H,64,73)(H,65,71)(H2,74,75,82)/b55-54-. The third-order valence-electron chi connectivity index (χ3n) is 13.5. The molecule has 0 saturated carbocycles. The van der Waals surface area contributed by atoms with Crippen LogP contribution in [-0.4, -0.2) is 135 Å². The van der Waals surface area contributed by atoms with Crippen LogP contribution in [0.5, 0.6) is 0 Å². The van der Waals surface area contributed by atoms with E-state index in [1.165, 1.54) is 11.3 Å². The normalized spacial score (nSPS) is 15.2. The number of anilines is 3. The number of nitrogens with one attached hydrogen (secondary N) is 5. The number of fused-ring (bicyclic) bond motifs is 3. The Hall–Kier alpha value is -6.67. The number of hydrogen-bond donors (Lipinski definition) is 9. The largest absolute Gasteiger partial charge is 0.396 e. The third kappa shape index (κ3) is 20.3. The lowest BCUT2D eigenvalue weighted by Crippen LogP contribution is -2.45. The first kappa shape index (κ1) is 63.9. The fourth-order valence-electron chi connectivity index (χ4n) is 9.27. The summed E-state index contributed by atoms with van der Waals surface area (Å²) in [7, 11) is 0. The third-order valence-corrected chi connectivity index (χ3v) is 15.4.